The van der Waals surface area contributed by atoms with Gasteiger partial charge in [-0.1, -0.05) is 6.07 Å². The van der Waals surface area contributed by atoms with Gasteiger partial charge < -0.3 is 15.8 Å². The van der Waals surface area contributed by atoms with Crippen molar-refractivity contribution in [2.75, 3.05) is 20.3 Å². The van der Waals surface area contributed by atoms with Crippen LogP contribution in [-0.4, -0.2) is 40.9 Å². The summed E-state index contributed by atoms with van der Waals surface area (Å²) in [6.45, 7) is 2.19. The fourth-order valence-corrected chi connectivity index (χ4v) is 1.64. The number of amides is 1. The molecule has 0 radical (unpaired) electrons. The average molecular weight is 275 g/mol. The van der Waals surface area contributed by atoms with Gasteiger partial charge in [-0.3, -0.25) is 4.79 Å². The van der Waals surface area contributed by atoms with E-state index in [2.05, 4.69) is 15.4 Å². The Labute approximate surface area is 116 Å². The number of nitrogens with one attached hydrogen (secondary N) is 1. The van der Waals surface area contributed by atoms with Crippen LogP contribution in [0.4, 0.5) is 0 Å². The Morgan fingerprint density at radius 2 is 2.30 bits per heavy atom. The van der Waals surface area contributed by atoms with Gasteiger partial charge in [0.15, 0.2) is 5.82 Å². The molecule has 7 heteroatoms. The summed E-state index contributed by atoms with van der Waals surface area (Å²) in [5.41, 5.74) is 6.60. The highest BCUT2D eigenvalue weighted by Crippen LogP contribution is 2.06. The largest absolute Gasteiger partial charge is 0.383 e. The average Bonchev–Trinajstić information content (AvgIpc) is 2.94. The van der Waals surface area contributed by atoms with Crippen molar-refractivity contribution < 1.29 is 9.53 Å². The molecule has 106 valence electrons. The third-order valence-corrected chi connectivity index (χ3v) is 2.72. The minimum Gasteiger partial charge on any atom is -0.383 e. The highest BCUT2D eigenvalue weighted by molar-refractivity contribution is 5.92. The van der Waals surface area contributed by atoms with Gasteiger partial charge in [0, 0.05) is 32.6 Å². The lowest BCUT2D eigenvalue weighted by atomic mass is 10.3. The van der Waals surface area contributed by atoms with Crippen molar-refractivity contribution in [3.63, 3.8) is 0 Å². The first kappa shape index (κ1) is 14.2. The minimum atomic E-state index is -0.504. The number of carbonyl (C=O) groups is 1. The van der Waals surface area contributed by atoms with E-state index < -0.39 is 5.91 Å². The molecule has 1 amide bonds. The van der Waals surface area contributed by atoms with E-state index >= 15 is 0 Å². The SMILES string of the molecule is COCCNCc1ccc(-n2cc(C(N)=O)cn2)nc1. The summed E-state index contributed by atoms with van der Waals surface area (Å²) >= 11 is 0. The second-order valence-electron chi connectivity index (χ2n) is 4.23. The predicted octanol–water partition coefficient (Wildman–Crippen LogP) is 0.102. The highest BCUT2D eigenvalue weighted by Gasteiger charge is 2.06. The lowest BCUT2D eigenvalue weighted by Crippen LogP contribution is -2.18. The van der Waals surface area contributed by atoms with Crippen LogP contribution in [0.1, 0.15) is 15.9 Å². The van der Waals surface area contributed by atoms with Gasteiger partial charge in [-0.05, 0) is 11.6 Å². The minimum absolute atomic E-state index is 0.358. The van der Waals surface area contributed by atoms with Crippen LogP contribution in [0, 0.1) is 0 Å². The fourth-order valence-electron chi connectivity index (χ4n) is 1.64. The number of rotatable bonds is 7. The molecule has 0 fully saturated rings. The van der Waals surface area contributed by atoms with E-state index in [1.54, 1.807) is 19.5 Å². The van der Waals surface area contributed by atoms with E-state index in [0.717, 1.165) is 18.7 Å². The van der Waals surface area contributed by atoms with Crippen molar-refractivity contribution in [2.24, 2.45) is 5.73 Å². The molecule has 0 aromatic carbocycles. The smallest absolute Gasteiger partial charge is 0.251 e. The Hall–Kier alpha value is -2.25. The van der Waals surface area contributed by atoms with Crippen LogP contribution >= 0.6 is 0 Å². The van der Waals surface area contributed by atoms with Crippen LogP contribution in [0.5, 0.6) is 0 Å². The van der Waals surface area contributed by atoms with Crippen LogP contribution in [-0.2, 0) is 11.3 Å². The van der Waals surface area contributed by atoms with Crippen LogP contribution in [0.15, 0.2) is 30.7 Å². The normalized spacial score (nSPS) is 10.7. The van der Waals surface area contributed by atoms with E-state index in [0.29, 0.717) is 18.0 Å². The number of ether oxygens (including phenoxy) is 1. The lowest BCUT2D eigenvalue weighted by Gasteiger charge is -2.05. The van der Waals surface area contributed by atoms with Crippen molar-refractivity contribution in [1.29, 1.82) is 0 Å². The van der Waals surface area contributed by atoms with E-state index in [-0.39, 0.29) is 0 Å². The number of pyridine rings is 1. The third kappa shape index (κ3) is 3.62. The molecule has 0 bridgehead atoms. The molecule has 3 N–H and O–H groups in total. The van der Waals surface area contributed by atoms with E-state index in [9.17, 15) is 4.79 Å². The van der Waals surface area contributed by atoms with Crippen molar-refractivity contribution in [3.05, 3.63) is 41.9 Å². The molecule has 2 aromatic heterocycles. The van der Waals surface area contributed by atoms with Gasteiger partial charge in [0.05, 0.1) is 18.4 Å². The standard InChI is InChI=1S/C13H17N5O2/c1-20-5-4-15-6-10-2-3-12(16-7-10)18-9-11(8-17-18)13(14)19/h2-3,7-9,15H,4-6H2,1H3,(H2,14,19). The van der Waals surface area contributed by atoms with Gasteiger partial charge >= 0.3 is 0 Å². The van der Waals surface area contributed by atoms with Gasteiger partial charge in [0.1, 0.15) is 0 Å². The molecule has 0 saturated heterocycles. The van der Waals surface area contributed by atoms with Crippen molar-refractivity contribution in [3.8, 4) is 5.82 Å². The maximum Gasteiger partial charge on any atom is 0.251 e. The molecule has 0 saturated carbocycles. The molecule has 0 spiro atoms. The first-order valence-corrected chi connectivity index (χ1v) is 6.20. The summed E-state index contributed by atoms with van der Waals surface area (Å²) in [5, 5.41) is 7.28. The summed E-state index contributed by atoms with van der Waals surface area (Å²) in [6, 6.07) is 3.79. The van der Waals surface area contributed by atoms with Gasteiger partial charge in [-0.25, -0.2) is 9.67 Å². The first-order valence-electron chi connectivity index (χ1n) is 6.20. The topological polar surface area (TPSA) is 95.1 Å². The van der Waals surface area contributed by atoms with Crippen LogP contribution in [0.2, 0.25) is 0 Å². The number of nitrogens with zero attached hydrogens (tertiary/aromatic N) is 3. The number of nitrogens with two attached hydrogens (primary N) is 1. The zero-order chi connectivity index (χ0) is 14.4. The fraction of sp³-hybridized carbons (Fsp3) is 0.308. The Kier molecular flexibility index (Phi) is 4.80. The first-order chi connectivity index (χ1) is 9.70. The third-order valence-electron chi connectivity index (χ3n) is 2.72. The van der Waals surface area contributed by atoms with E-state index in [4.69, 9.17) is 10.5 Å². The van der Waals surface area contributed by atoms with Crippen LogP contribution in [0.3, 0.4) is 0 Å². The molecule has 20 heavy (non-hydrogen) atoms. The maximum absolute atomic E-state index is 11.0. The van der Waals surface area contributed by atoms with Crippen LogP contribution < -0.4 is 11.1 Å². The Morgan fingerprint density at radius 1 is 1.45 bits per heavy atom. The summed E-state index contributed by atoms with van der Waals surface area (Å²) < 4.78 is 6.47. The molecule has 7 nitrogen and oxygen atoms in total. The number of aromatic nitrogens is 3. The summed E-state index contributed by atoms with van der Waals surface area (Å²) in [4.78, 5) is 15.3. The Balaban J connectivity index is 1.98. The van der Waals surface area contributed by atoms with Crippen molar-refractivity contribution in [2.45, 2.75) is 6.54 Å². The molecule has 0 unspecified atom stereocenters. The van der Waals surface area contributed by atoms with Crippen molar-refractivity contribution >= 4 is 5.91 Å². The summed E-state index contributed by atoms with van der Waals surface area (Å²) in [5.74, 6) is 0.133. The van der Waals surface area contributed by atoms with Gasteiger partial charge in [0.2, 0.25) is 0 Å². The second kappa shape index (κ2) is 6.78. The lowest BCUT2D eigenvalue weighted by molar-refractivity contribution is 0.100. The number of carbonyl (C=O) groups excluding carboxylic acids is 1. The molecule has 2 aromatic rings. The number of hydrogen-bond donors (Lipinski definition) is 2. The summed E-state index contributed by atoms with van der Waals surface area (Å²) in [6.07, 6.45) is 4.74. The molecule has 0 aliphatic rings. The zero-order valence-corrected chi connectivity index (χ0v) is 11.2. The molecular formula is C13H17N5O2. The molecule has 2 heterocycles. The van der Waals surface area contributed by atoms with E-state index in [1.807, 2.05) is 12.1 Å². The molecular weight excluding hydrogens is 258 g/mol. The van der Waals surface area contributed by atoms with Gasteiger partial charge in [-0.15, -0.1) is 0 Å². The Bertz CT molecular complexity index is 564. The van der Waals surface area contributed by atoms with E-state index in [1.165, 1.54) is 10.9 Å². The van der Waals surface area contributed by atoms with Crippen LogP contribution in [0.25, 0.3) is 5.82 Å². The zero-order valence-electron chi connectivity index (χ0n) is 11.2. The maximum atomic E-state index is 11.0. The van der Waals surface area contributed by atoms with Gasteiger partial charge in [-0.2, -0.15) is 5.10 Å². The predicted molar refractivity (Wildman–Crippen MR) is 73.5 cm³/mol. The quantitative estimate of drug-likeness (QED) is 0.699. The molecule has 2 rings (SSSR count). The summed E-state index contributed by atoms with van der Waals surface area (Å²) in [7, 11) is 1.67. The molecule has 0 aliphatic heterocycles. The Morgan fingerprint density at radius 3 is 2.90 bits per heavy atom. The van der Waals surface area contributed by atoms with Gasteiger partial charge in [0.25, 0.3) is 5.91 Å². The number of primary amides is 1. The molecule has 0 aliphatic carbocycles. The highest BCUT2D eigenvalue weighted by atomic mass is 16.5. The number of hydrogen-bond acceptors (Lipinski definition) is 5. The van der Waals surface area contributed by atoms with Crippen molar-refractivity contribution in [1.82, 2.24) is 20.1 Å². The second-order valence-corrected chi connectivity index (χ2v) is 4.23. The number of methoxy groups -OCH3 is 1. The molecule has 0 atom stereocenters. The monoisotopic (exact) mass is 275 g/mol.